The summed E-state index contributed by atoms with van der Waals surface area (Å²) in [5.74, 6) is 2.08. The van der Waals surface area contributed by atoms with Crippen LogP contribution in [0.25, 0.3) is 10.1 Å². The molecule has 0 saturated heterocycles. The van der Waals surface area contributed by atoms with Gasteiger partial charge in [-0.3, -0.25) is 0 Å². The third kappa shape index (κ3) is 3.24. The summed E-state index contributed by atoms with van der Waals surface area (Å²) < 4.78 is 12.7. The van der Waals surface area contributed by atoms with Crippen LogP contribution >= 0.6 is 22.9 Å². The molecule has 0 N–H and O–H groups in total. The van der Waals surface area contributed by atoms with E-state index in [1.165, 1.54) is 10.3 Å². The van der Waals surface area contributed by atoms with Crippen molar-refractivity contribution in [3.05, 3.63) is 51.9 Å². The van der Waals surface area contributed by atoms with Crippen molar-refractivity contribution in [2.24, 2.45) is 0 Å². The zero-order valence-corrected chi connectivity index (χ0v) is 16.1. The van der Waals surface area contributed by atoms with Gasteiger partial charge >= 0.3 is 0 Å². The highest BCUT2D eigenvalue weighted by atomic mass is 35.5. The average molecular weight is 361 g/mol. The van der Waals surface area contributed by atoms with Gasteiger partial charge in [-0.2, -0.15) is 0 Å². The minimum absolute atomic E-state index is 0.0948. The molecule has 0 fully saturated rings. The summed E-state index contributed by atoms with van der Waals surface area (Å²) in [7, 11) is 1.61. The smallest absolute Gasteiger partial charge is 0.150 e. The van der Waals surface area contributed by atoms with E-state index < -0.39 is 0 Å². The first-order chi connectivity index (χ1) is 11.3. The minimum Gasteiger partial charge on any atom is -0.495 e. The molecule has 2 aromatic carbocycles. The Balaban J connectivity index is 2.06. The van der Waals surface area contributed by atoms with Gasteiger partial charge in [0.25, 0.3) is 0 Å². The highest BCUT2D eigenvalue weighted by molar-refractivity contribution is 7.17. The lowest BCUT2D eigenvalue weighted by molar-refractivity contribution is 0.409. The number of methoxy groups -OCH3 is 1. The van der Waals surface area contributed by atoms with E-state index in [0.717, 1.165) is 16.7 Å². The summed E-state index contributed by atoms with van der Waals surface area (Å²) >= 11 is 8.08. The SMILES string of the molecule is COc1cc(C)cc(Oc2csc3ccc(C(C)(C)C)cc23)c1Cl. The summed E-state index contributed by atoms with van der Waals surface area (Å²) in [6, 6.07) is 10.4. The molecule has 0 aliphatic rings. The molecule has 1 aromatic heterocycles. The van der Waals surface area contributed by atoms with Crippen LogP contribution in [0, 0.1) is 6.92 Å². The Labute approximate surface area is 152 Å². The average Bonchev–Trinajstić information content (AvgIpc) is 2.92. The summed E-state index contributed by atoms with van der Waals surface area (Å²) in [5, 5.41) is 3.64. The number of aryl methyl sites for hydroxylation is 1. The van der Waals surface area contributed by atoms with Crippen molar-refractivity contribution >= 4 is 33.0 Å². The van der Waals surface area contributed by atoms with Crippen LogP contribution in [-0.4, -0.2) is 7.11 Å². The van der Waals surface area contributed by atoms with Crippen molar-refractivity contribution in [1.82, 2.24) is 0 Å². The van der Waals surface area contributed by atoms with Gasteiger partial charge in [-0.1, -0.05) is 38.4 Å². The molecule has 0 saturated carbocycles. The summed E-state index contributed by atoms with van der Waals surface area (Å²) in [4.78, 5) is 0. The van der Waals surface area contributed by atoms with Gasteiger partial charge in [-0.05, 0) is 47.7 Å². The van der Waals surface area contributed by atoms with Crippen LogP contribution in [0.5, 0.6) is 17.2 Å². The van der Waals surface area contributed by atoms with E-state index in [1.54, 1.807) is 18.4 Å². The van der Waals surface area contributed by atoms with Crippen molar-refractivity contribution < 1.29 is 9.47 Å². The molecule has 126 valence electrons. The maximum Gasteiger partial charge on any atom is 0.150 e. The fourth-order valence-corrected chi connectivity index (χ4v) is 3.66. The molecule has 0 amide bonds. The van der Waals surface area contributed by atoms with Gasteiger partial charge in [-0.15, -0.1) is 11.3 Å². The molecule has 0 bridgehead atoms. The van der Waals surface area contributed by atoms with Gasteiger partial charge in [0.05, 0.1) is 7.11 Å². The maximum absolute atomic E-state index is 6.41. The van der Waals surface area contributed by atoms with Crippen molar-refractivity contribution in [2.45, 2.75) is 33.1 Å². The lowest BCUT2D eigenvalue weighted by atomic mass is 9.86. The van der Waals surface area contributed by atoms with E-state index in [-0.39, 0.29) is 5.41 Å². The molecule has 0 unspecified atom stereocenters. The van der Waals surface area contributed by atoms with E-state index in [9.17, 15) is 0 Å². The Morgan fingerprint density at radius 3 is 2.38 bits per heavy atom. The van der Waals surface area contributed by atoms with Gasteiger partial charge in [0, 0.05) is 15.5 Å². The van der Waals surface area contributed by atoms with Crippen LogP contribution in [0.2, 0.25) is 5.02 Å². The van der Waals surface area contributed by atoms with Gasteiger partial charge in [0.15, 0.2) is 0 Å². The number of rotatable bonds is 3. The predicted molar refractivity (Wildman–Crippen MR) is 103 cm³/mol. The Morgan fingerprint density at radius 2 is 1.71 bits per heavy atom. The quantitative estimate of drug-likeness (QED) is 0.502. The van der Waals surface area contributed by atoms with Gasteiger partial charge in [0.1, 0.15) is 22.3 Å². The number of fused-ring (bicyclic) bond motifs is 1. The monoisotopic (exact) mass is 360 g/mol. The lowest BCUT2D eigenvalue weighted by Gasteiger charge is -2.19. The molecule has 24 heavy (non-hydrogen) atoms. The summed E-state index contributed by atoms with van der Waals surface area (Å²) in [5.41, 5.74) is 2.42. The second-order valence-electron chi connectivity index (χ2n) is 6.94. The van der Waals surface area contributed by atoms with Crippen molar-refractivity contribution in [2.75, 3.05) is 7.11 Å². The first-order valence-electron chi connectivity index (χ1n) is 7.83. The Morgan fingerprint density at radius 1 is 1.00 bits per heavy atom. The molecule has 0 aliphatic carbocycles. The summed E-state index contributed by atoms with van der Waals surface area (Å²) in [6.07, 6.45) is 0. The molecule has 3 rings (SSSR count). The first-order valence-corrected chi connectivity index (χ1v) is 9.09. The molecule has 0 spiro atoms. The van der Waals surface area contributed by atoms with Crippen molar-refractivity contribution in [3.8, 4) is 17.2 Å². The number of ether oxygens (including phenoxy) is 2. The predicted octanol–water partition coefficient (Wildman–Crippen LogP) is 6.96. The highest BCUT2D eigenvalue weighted by Crippen LogP contribution is 2.42. The van der Waals surface area contributed by atoms with Crippen LogP contribution in [0.3, 0.4) is 0 Å². The van der Waals surface area contributed by atoms with Crippen LogP contribution in [-0.2, 0) is 5.41 Å². The minimum atomic E-state index is 0.0948. The molecule has 0 radical (unpaired) electrons. The fraction of sp³-hybridized carbons (Fsp3) is 0.300. The molecule has 2 nitrogen and oxygen atoms in total. The van der Waals surface area contributed by atoms with E-state index in [0.29, 0.717) is 16.5 Å². The van der Waals surface area contributed by atoms with Gasteiger partial charge in [-0.25, -0.2) is 0 Å². The number of hydrogen-bond donors (Lipinski definition) is 0. The summed E-state index contributed by atoms with van der Waals surface area (Å²) in [6.45, 7) is 8.63. The maximum atomic E-state index is 6.41. The van der Waals surface area contributed by atoms with E-state index in [2.05, 4.69) is 39.0 Å². The highest BCUT2D eigenvalue weighted by Gasteiger charge is 2.17. The zero-order chi connectivity index (χ0) is 17.5. The van der Waals surface area contributed by atoms with Crippen molar-refractivity contribution in [1.29, 1.82) is 0 Å². The molecule has 4 heteroatoms. The lowest BCUT2D eigenvalue weighted by Crippen LogP contribution is -2.10. The van der Waals surface area contributed by atoms with E-state index in [4.69, 9.17) is 21.1 Å². The first kappa shape index (κ1) is 17.1. The standard InChI is InChI=1S/C20H21ClO2S/c1-12-8-15(22-5)19(21)16(9-12)23-17-11-24-18-7-6-13(10-14(17)18)20(2,3)4/h6-11H,1-5H3. The number of hydrogen-bond acceptors (Lipinski definition) is 3. The largest absolute Gasteiger partial charge is 0.495 e. The van der Waals surface area contributed by atoms with Crippen molar-refractivity contribution in [3.63, 3.8) is 0 Å². The zero-order valence-electron chi connectivity index (χ0n) is 14.6. The molecule has 1 heterocycles. The molecular formula is C20H21ClO2S. The Bertz CT molecular complexity index is 891. The number of thiophene rings is 1. The number of benzene rings is 2. The Hall–Kier alpha value is -1.71. The van der Waals surface area contributed by atoms with Crippen LogP contribution in [0.15, 0.2) is 35.7 Å². The topological polar surface area (TPSA) is 18.5 Å². The molecular weight excluding hydrogens is 340 g/mol. The van der Waals surface area contributed by atoms with E-state index in [1.807, 2.05) is 24.4 Å². The number of halogens is 1. The Kier molecular flexibility index (Phi) is 4.50. The molecule has 3 aromatic rings. The molecule has 0 atom stereocenters. The second-order valence-corrected chi connectivity index (χ2v) is 8.23. The van der Waals surface area contributed by atoms with Gasteiger partial charge < -0.3 is 9.47 Å². The third-order valence-corrected chi connectivity index (χ3v) is 5.31. The van der Waals surface area contributed by atoms with Gasteiger partial charge in [0.2, 0.25) is 0 Å². The molecule has 0 aliphatic heterocycles. The van der Waals surface area contributed by atoms with Crippen LogP contribution in [0.4, 0.5) is 0 Å². The fourth-order valence-electron chi connectivity index (χ4n) is 2.60. The third-order valence-electron chi connectivity index (χ3n) is 3.99. The van der Waals surface area contributed by atoms with Crippen LogP contribution < -0.4 is 9.47 Å². The second kappa shape index (κ2) is 6.30. The normalized spacial score (nSPS) is 11.8. The van der Waals surface area contributed by atoms with Crippen LogP contribution in [0.1, 0.15) is 31.9 Å². The van der Waals surface area contributed by atoms with E-state index >= 15 is 0 Å².